The number of phenols is 2. The Morgan fingerprint density at radius 2 is 1.61 bits per heavy atom. The van der Waals surface area contributed by atoms with Crippen LogP contribution in [0.3, 0.4) is 0 Å². The van der Waals surface area contributed by atoms with Gasteiger partial charge in [0, 0.05) is 6.54 Å². The molecule has 3 aromatic rings. The highest BCUT2D eigenvalue weighted by Gasteiger charge is 2.33. The molecular weight excluding hydrogens is 434 g/mol. The maximum Gasteiger partial charge on any atom is 0.140 e. The lowest BCUT2D eigenvalue weighted by atomic mass is 10.00. The van der Waals surface area contributed by atoms with Crippen LogP contribution in [0.15, 0.2) is 71.6 Å². The first-order valence-electron chi connectivity index (χ1n) is 11.5. The molecule has 4 rings (SSSR count). The van der Waals surface area contributed by atoms with E-state index in [4.69, 9.17) is 9.47 Å². The molecule has 0 spiro atoms. The number of unbranched alkanes of at least 4 members (excludes halogenated alkanes) is 2. The van der Waals surface area contributed by atoms with Crippen molar-refractivity contribution in [2.45, 2.75) is 42.4 Å². The first-order valence-corrected chi connectivity index (χ1v) is 12.4. The van der Waals surface area contributed by atoms with E-state index in [-0.39, 0.29) is 22.9 Å². The first-order chi connectivity index (χ1) is 16.1. The van der Waals surface area contributed by atoms with E-state index in [1.54, 1.807) is 36.0 Å². The van der Waals surface area contributed by atoms with Crippen LogP contribution in [0.4, 0.5) is 0 Å². The topological polar surface area (TPSA) is 71.0 Å². The molecule has 33 heavy (non-hydrogen) atoms. The highest BCUT2D eigenvalue weighted by Crippen LogP contribution is 2.54. The number of fused-ring (bicyclic) bond motifs is 1. The third kappa shape index (κ3) is 6.15. The summed E-state index contributed by atoms with van der Waals surface area (Å²) in [6.07, 6.45) is 3.48. The normalized spacial score (nSPS) is 17.2. The summed E-state index contributed by atoms with van der Waals surface area (Å²) >= 11 is 1.66. The molecule has 6 heteroatoms. The van der Waals surface area contributed by atoms with E-state index in [0.717, 1.165) is 40.6 Å². The summed E-state index contributed by atoms with van der Waals surface area (Å²) in [4.78, 5) is 0.899. The molecule has 1 aliphatic heterocycles. The van der Waals surface area contributed by atoms with Gasteiger partial charge in [0.25, 0.3) is 0 Å². The van der Waals surface area contributed by atoms with E-state index in [0.29, 0.717) is 6.61 Å². The van der Waals surface area contributed by atoms with Crippen molar-refractivity contribution < 1.29 is 19.7 Å². The average Bonchev–Trinajstić information content (AvgIpc) is 2.83. The minimum Gasteiger partial charge on any atom is -0.508 e. The maximum atomic E-state index is 9.92. The Bertz CT molecular complexity index is 1020. The minimum atomic E-state index is -0.217. The van der Waals surface area contributed by atoms with Crippen molar-refractivity contribution >= 4 is 11.8 Å². The Morgan fingerprint density at radius 3 is 2.36 bits per heavy atom. The zero-order valence-corrected chi connectivity index (χ0v) is 19.7. The van der Waals surface area contributed by atoms with Crippen LogP contribution in [0.1, 0.15) is 48.7 Å². The molecule has 0 aliphatic carbocycles. The predicted octanol–water partition coefficient (Wildman–Crippen LogP) is 6.22. The molecule has 0 saturated heterocycles. The van der Waals surface area contributed by atoms with Crippen molar-refractivity contribution in [3.8, 4) is 23.0 Å². The third-order valence-corrected chi connectivity index (χ3v) is 6.99. The Balaban J connectivity index is 1.45. The van der Waals surface area contributed by atoms with Gasteiger partial charge in [-0.25, -0.2) is 0 Å². The molecule has 0 amide bonds. The van der Waals surface area contributed by atoms with Gasteiger partial charge in [-0.2, -0.15) is 0 Å². The van der Waals surface area contributed by atoms with Gasteiger partial charge < -0.3 is 25.0 Å². The molecule has 3 aromatic carbocycles. The Labute approximate surface area is 199 Å². The lowest BCUT2D eigenvalue weighted by Crippen LogP contribution is -2.22. The molecule has 0 radical (unpaired) electrons. The second-order valence-corrected chi connectivity index (χ2v) is 9.36. The number of nitrogens with one attached hydrogen (secondary N) is 1. The highest BCUT2D eigenvalue weighted by molar-refractivity contribution is 7.99. The van der Waals surface area contributed by atoms with Gasteiger partial charge in [-0.15, -0.1) is 11.8 Å². The fourth-order valence-corrected chi connectivity index (χ4v) is 5.18. The van der Waals surface area contributed by atoms with Gasteiger partial charge >= 0.3 is 0 Å². The van der Waals surface area contributed by atoms with Crippen molar-refractivity contribution in [2.75, 3.05) is 19.7 Å². The molecule has 0 bridgehead atoms. The number of thioether (sulfide) groups is 1. The van der Waals surface area contributed by atoms with Crippen molar-refractivity contribution in [3.05, 3.63) is 77.9 Å². The molecule has 2 unspecified atom stereocenters. The number of hydrogen-bond donors (Lipinski definition) is 3. The summed E-state index contributed by atoms with van der Waals surface area (Å²) < 4.78 is 12.3. The maximum absolute atomic E-state index is 9.92. The van der Waals surface area contributed by atoms with E-state index < -0.39 is 0 Å². The van der Waals surface area contributed by atoms with E-state index in [9.17, 15) is 10.2 Å². The Hall–Kier alpha value is -2.83. The number of aromatic hydroxyl groups is 2. The van der Waals surface area contributed by atoms with Gasteiger partial charge in [-0.05, 0) is 66.6 Å². The van der Waals surface area contributed by atoms with Crippen LogP contribution in [-0.4, -0.2) is 29.9 Å². The van der Waals surface area contributed by atoms with Crippen LogP contribution >= 0.6 is 11.8 Å². The summed E-state index contributed by atoms with van der Waals surface area (Å²) in [7, 11) is 0. The van der Waals surface area contributed by atoms with Crippen LogP contribution in [-0.2, 0) is 0 Å². The molecule has 5 nitrogen and oxygen atoms in total. The number of phenolic OH excluding ortho intramolecular Hbond substituents is 2. The number of ether oxygens (including phenoxy) is 2. The summed E-state index contributed by atoms with van der Waals surface area (Å²) in [6, 6.07) is 20.5. The fourth-order valence-electron chi connectivity index (χ4n) is 3.85. The zero-order chi connectivity index (χ0) is 23.0. The molecule has 1 heterocycles. The Kier molecular flexibility index (Phi) is 8.02. The van der Waals surface area contributed by atoms with Gasteiger partial charge in [0.1, 0.15) is 35.7 Å². The van der Waals surface area contributed by atoms with Crippen molar-refractivity contribution in [1.29, 1.82) is 0 Å². The second kappa shape index (κ2) is 11.3. The summed E-state index contributed by atoms with van der Waals surface area (Å²) in [5.74, 6) is 2.04. The van der Waals surface area contributed by atoms with Crippen LogP contribution in [0.25, 0.3) is 0 Å². The van der Waals surface area contributed by atoms with Gasteiger partial charge in [-0.3, -0.25) is 0 Å². The molecule has 0 aromatic heterocycles. The van der Waals surface area contributed by atoms with Crippen molar-refractivity contribution in [2.24, 2.45) is 0 Å². The zero-order valence-electron chi connectivity index (χ0n) is 18.9. The minimum absolute atomic E-state index is 0.0287. The lowest BCUT2D eigenvalue weighted by molar-refractivity contribution is 0.190. The van der Waals surface area contributed by atoms with Crippen LogP contribution in [0, 0.1) is 0 Å². The predicted molar refractivity (Wildman–Crippen MR) is 133 cm³/mol. The third-order valence-electron chi connectivity index (χ3n) is 5.65. The smallest absolute Gasteiger partial charge is 0.140 e. The summed E-state index contributed by atoms with van der Waals surface area (Å²) in [6.45, 7) is 4.71. The van der Waals surface area contributed by atoms with Gasteiger partial charge in [0.2, 0.25) is 0 Å². The monoisotopic (exact) mass is 465 g/mol. The molecule has 174 valence electrons. The SMILES string of the molecule is CCCCCNCCOc1ccc(C2Oc3ccc(O)cc3SC2c2ccc(O)cc2)cc1. The quantitative estimate of drug-likeness (QED) is 0.309. The van der Waals surface area contributed by atoms with Crippen LogP contribution < -0.4 is 14.8 Å². The second-order valence-electron chi connectivity index (χ2n) is 8.17. The first kappa shape index (κ1) is 23.3. The number of benzene rings is 3. The molecular formula is C27H31NO4S. The molecule has 1 aliphatic rings. The van der Waals surface area contributed by atoms with Crippen LogP contribution in [0.2, 0.25) is 0 Å². The fraction of sp³-hybridized carbons (Fsp3) is 0.333. The summed E-state index contributed by atoms with van der Waals surface area (Å²) in [5, 5.41) is 23.0. The lowest BCUT2D eigenvalue weighted by Gasteiger charge is -2.34. The molecule has 0 saturated carbocycles. The molecule has 0 fully saturated rings. The van der Waals surface area contributed by atoms with E-state index in [1.165, 1.54) is 19.3 Å². The Morgan fingerprint density at radius 1 is 0.879 bits per heavy atom. The summed E-state index contributed by atoms with van der Waals surface area (Å²) in [5.41, 5.74) is 2.09. The standard InChI is InChI=1S/C27H31NO4S/c1-2-3-4-15-28-16-17-31-23-12-7-19(8-13-23)26-27(20-5-9-21(29)10-6-20)33-25-18-22(30)11-14-24(25)32-26/h5-14,18,26-30H,2-4,15-17H2,1H3. The van der Waals surface area contributed by atoms with E-state index in [2.05, 4.69) is 12.2 Å². The average molecular weight is 466 g/mol. The van der Waals surface area contributed by atoms with E-state index >= 15 is 0 Å². The number of rotatable bonds is 10. The number of hydrogen-bond acceptors (Lipinski definition) is 6. The van der Waals surface area contributed by atoms with Crippen molar-refractivity contribution in [1.82, 2.24) is 5.32 Å². The van der Waals surface area contributed by atoms with Gasteiger partial charge in [0.05, 0.1) is 10.1 Å². The van der Waals surface area contributed by atoms with E-state index in [1.807, 2.05) is 42.5 Å². The van der Waals surface area contributed by atoms with Crippen molar-refractivity contribution in [3.63, 3.8) is 0 Å². The van der Waals surface area contributed by atoms with Gasteiger partial charge in [0.15, 0.2) is 0 Å². The highest BCUT2D eigenvalue weighted by atomic mass is 32.2. The van der Waals surface area contributed by atoms with Gasteiger partial charge in [-0.1, -0.05) is 44.0 Å². The largest absolute Gasteiger partial charge is 0.508 e. The molecule has 3 N–H and O–H groups in total. The molecule has 2 atom stereocenters. The van der Waals surface area contributed by atoms with Crippen LogP contribution in [0.5, 0.6) is 23.0 Å².